The first-order valence-electron chi connectivity index (χ1n) is 0.698. The molecule has 0 aromatic heterocycles. The van der Waals surface area contributed by atoms with Crippen molar-refractivity contribution in [3.05, 3.63) is 0 Å². The summed E-state index contributed by atoms with van der Waals surface area (Å²) in [5, 5.41) is 0. The van der Waals surface area contributed by atoms with E-state index >= 15 is 0 Å². The van der Waals surface area contributed by atoms with Crippen LogP contribution in [0.4, 0.5) is 0 Å². The van der Waals surface area contributed by atoms with Crippen LogP contribution in [0.25, 0.3) is 0 Å². The Bertz CT molecular complexity index is 94.5. The summed E-state index contributed by atoms with van der Waals surface area (Å²) >= 11 is 0. The zero-order valence-electron chi connectivity index (χ0n) is 5.12. The van der Waals surface area contributed by atoms with Crippen molar-refractivity contribution in [3.63, 3.8) is 0 Å². The summed E-state index contributed by atoms with van der Waals surface area (Å²) < 4.78 is 31.6. The molecule has 8 heavy (non-hydrogen) atoms. The Labute approximate surface area is 114 Å². The first-order valence-corrected chi connectivity index (χ1v) is 2.10. The zero-order valence-corrected chi connectivity index (χ0v) is 11.9. The van der Waals surface area contributed by atoms with Crippen molar-refractivity contribution in [2.75, 3.05) is 0 Å². The van der Waals surface area contributed by atoms with Crippen molar-refractivity contribution in [2.45, 2.75) is 0 Å². The van der Waals surface area contributed by atoms with Gasteiger partial charge in [0.05, 0.1) is 0 Å². The Morgan fingerprint density at radius 2 is 0.875 bits per heavy atom. The molecule has 0 bridgehead atoms. The Hall–Kier alpha value is 2.87. The molecule has 0 amide bonds. The van der Waals surface area contributed by atoms with E-state index in [1.807, 2.05) is 0 Å². The van der Waals surface area contributed by atoms with Crippen molar-refractivity contribution in [1.29, 1.82) is 0 Å². The largest absolute Gasteiger partial charge is 0.394 e. The Balaban J connectivity index is -0.0000000267. The number of hydrogen-bond donors (Lipinski definition) is 2. The molecule has 8 heteroatoms. The molecule has 0 fully saturated rings. The molecule has 0 saturated carbocycles. The molecule has 0 aromatic rings. The van der Waals surface area contributed by atoms with Gasteiger partial charge < -0.3 is 0 Å². The zero-order chi connectivity index (χ0) is 4.50. The van der Waals surface area contributed by atoms with Crippen molar-refractivity contribution in [2.24, 2.45) is 0 Å². The van der Waals surface area contributed by atoms with E-state index in [0.717, 1.165) is 0 Å². The predicted molar refractivity (Wildman–Crippen MR) is 31.4 cm³/mol. The Kier molecular flexibility index (Phi) is 27.7. The first kappa shape index (κ1) is 22.4. The summed E-state index contributed by atoms with van der Waals surface area (Å²) in [6, 6.07) is 0. The van der Waals surface area contributed by atoms with Gasteiger partial charge in [-0.3, -0.25) is 9.11 Å². The fraction of sp³-hybridized carbons (Fsp3) is 0. The molecular weight excluding hydrogens is 165 g/mol. The second-order valence-corrected chi connectivity index (χ2v) is 1.34. The van der Waals surface area contributed by atoms with E-state index in [0.29, 0.717) is 0 Å². The number of hydrogen-bond acceptors (Lipinski definition) is 2. The van der Waals surface area contributed by atoms with E-state index in [2.05, 4.69) is 0 Å². The SMILES string of the molecule is O=S(=O)(O)O.[Na].[Na].[Na]. The minimum atomic E-state index is -4.67. The minimum absolute atomic E-state index is 0. The van der Waals surface area contributed by atoms with Crippen molar-refractivity contribution < 1.29 is 17.5 Å². The molecule has 2 N–H and O–H groups in total. The molecule has 3 radical (unpaired) electrons. The van der Waals surface area contributed by atoms with Crippen molar-refractivity contribution in [3.8, 4) is 0 Å². The van der Waals surface area contributed by atoms with Gasteiger partial charge in [0.1, 0.15) is 0 Å². The van der Waals surface area contributed by atoms with Crippen LogP contribution in [0.5, 0.6) is 0 Å². The Morgan fingerprint density at radius 3 is 0.875 bits per heavy atom. The summed E-state index contributed by atoms with van der Waals surface area (Å²) in [6.07, 6.45) is 0. The normalized spacial score (nSPS) is 7.25. The van der Waals surface area contributed by atoms with Crippen LogP contribution in [-0.2, 0) is 10.4 Å². The van der Waals surface area contributed by atoms with Crippen LogP contribution in [0.3, 0.4) is 0 Å². The maximum atomic E-state index is 8.74. The quantitative estimate of drug-likeness (QED) is 0.330. The molecule has 0 unspecified atom stereocenters. The molecule has 0 saturated heterocycles. The third-order valence-electron chi connectivity index (χ3n) is 0. The molecule has 0 atom stereocenters. The van der Waals surface area contributed by atoms with E-state index in [1.54, 1.807) is 0 Å². The average Bonchev–Trinajstić information content (AvgIpc) is 0.722. The molecule has 0 heterocycles. The molecule has 0 aromatic carbocycles. The number of rotatable bonds is 0. The fourth-order valence-corrected chi connectivity index (χ4v) is 0. The van der Waals surface area contributed by atoms with Gasteiger partial charge in [0.25, 0.3) is 0 Å². The third-order valence-corrected chi connectivity index (χ3v) is 0. The van der Waals surface area contributed by atoms with Crippen LogP contribution < -0.4 is 0 Å². The van der Waals surface area contributed by atoms with Gasteiger partial charge in [-0.25, -0.2) is 0 Å². The van der Waals surface area contributed by atoms with Crippen LogP contribution in [0.15, 0.2) is 0 Å². The van der Waals surface area contributed by atoms with Crippen LogP contribution >= 0.6 is 0 Å². The van der Waals surface area contributed by atoms with Crippen molar-refractivity contribution in [1.82, 2.24) is 0 Å². The van der Waals surface area contributed by atoms with Crippen LogP contribution in [-0.4, -0.2) is 106 Å². The monoisotopic (exact) mass is 167 g/mol. The summed E-state index contributed by atoms with van der Waals surface area (Å²) in [7, 11) is -4.67. The van der Waals surface area contributed by atoms with E-state index in [-0.39, 0.29) is 88.7 Å². The van der Waals surface area contributed by atoms with Crippen LogP contribution in [0.1, 0.15) is 0 Å². The van der Waals surface area contributed by atoms with Crippen LogP contribution in [0.2, 0.25) is 0 Å². The van der Waals surface area contributed by atoms with E-state index in [9.17, 15) is 0 Å². The Morgan fingerprint density at radius 1 is 0.875 bits per heavy atom. The van der Waals surface area contributed by atoms with Gasteiger partial charge in [0.15, 0.2) is 0 Å². The molecule has 0 aliphatic heterocycles. The van der Waals surface area contributed by atoms with Gasteiger partial charge in [-0.1, -0.05) is 0 Å². The predicted octanol–water partition coefficient (Wildman–Crippen LogP) is -1.80. The fourth-order valence-electron chi connectivity index (χ4n) is 0. The molecule has 0 rings (SSSR count). The maximum absolute atomic E-state index is 8.74. The minimum Gasteiger partial charge on any atom is -0.264 e. The first-order chi connectivity index (χ1) is 2.00. The summed E-state index contributed by atoms with van der Waals surface area (Å²) in [6.45, 7) is 0. The van der Waals surface area contributed by atoms with Gasteiger partial charge in [-0.05, 0) is 0 Å². The van der Waals surface area contributed by atoms with Gasteiger partial charge >= 0.3 is 10.4 Å². The van der Waals surface area contributed by atoms with Gasteiger partial charge in [-0.2, -0.15) is 8.42 Å². The summed E-state index contributed by atoms with van der Waals surface area (Å²) in [5.41, 5.74) is 0. The topological polar surface area (TPSA) is 74.6 Å². The van der Waals surface area contributed by atoms with Gasteiger partial charge in [0.2, 0.25) is 0 Å². The van der Waals surface area contributed by atoms with Gasteiger partial charge in [0, 0.05) is 88.7 Å². The second kappa shape index (κ2) is 9.87. The molecular formula is H2Na3O4S. The summed E-state index contributed by atoms with van der Waals surface area (Å²) in [5.74, 6) is 0. The second-order valence-electron chi connectivity index (χ2n) is 0.448. The standard InChI is InChI=1S/3Na.H2O4S/c;;;1-5(2,3)4/h;;;(H2,1,2,3,4). The molecule has 35 valence electrons. The van der Waals surface area contributed by atoms with Crippen LogP contribution in [0, 0.1) is 0 Å². The molecule has 0 aliphatic carbocycles. The smallest absolute Gasteiger partial charge is 0.264 e. The molecule has 0 aliphatic rings. The molecule has 0 spiro atoms. The van der Waals surface area contributed by atoms with E-state index in [1.165, 1.54) is 0 Å². The van der Waals surface area contributed by atoms with Crippen molar-refractivity contribution >= 4 is 99.1 Å². The summed E-state index contributed by atoms with van der Waals surface area (Å²) in [4.78, 5) is 0. The average molecular weight is 167 g/mol. The van der Waals surface area contributed by atoms with Gasteiger partial charge in [-0.15, -0.1) is 0 Å². The third kappa shape index (κ3) is 66.7. The molecule has 4 nitrogen and oxygen atoms in total. The maximum Gasteiger partial charge on any atom is 0.394 e. The van der Waals surface area contributed by atoms with E-state index < -0.39 is 10.4 Å². The van der Waals surface area contributed by atoms with E-state index in [4.69, 9.17) is 17.5 Å².